The Morgan fingerprint density at radius 1 is 1.27 bits per heavy atom. The Kier molecular flexibility index (Phi) is 4.97. The summed E-state index contributed by atoms with van der Waals surface area (Å²) in [4.78, 5) is 27.1. The van der Waals surface area contributed by atoms with Gasteiger partial charge in [-0.05, 0) is 18.6 Å². The van der Waals surface area contributed by atoms with Gasteiger partial charge in [-0.3, -0.25) is 14.9 Å². The third-order valence-electron chi connectivity index (χ3n) is 4.17. The van der Waals surface area contributed by atoms with Crippen LogP contribution in [0.3, 0.4) is 0 Å². The molecule has 0 unspecified atom stereocenters. The zero-order valence-corrected chi connectivity index (χ0v) is 14.6. The predicted molar refractivity (Wildman–Crippen MR) is 100 cm³/mol. The topological polar surface area (TPSA) is 94.4 Å². The number of esters is 1. The summed E-state index contributed by atoms with van der Waals surface area (Å²) in [6.45, 7) is 4.14. The first-order chi connectivity index (χ1) is 12.5. The molecule has 1 heterocycles. The van der Waals surface area contributed by atoms with Crippen molar-refractivity contribution in [2.75, 3.05) is 18.5 Å². The van der Waals surface area contributed by atoms with Gasteiger partial charge in [0.1, 0.15) is 12.0 Å². The van der Waals surface area contributed by atoms with Crippen LogP contribution in [0.15, 0.2) is 36.4 Å². The number of carbonyl (C=O) groups is 1. The lowest BCUT2D eigenvalue weighted by Gasteiger charge is -2.14. The van der Waals surface area contributed by atoms with Crippen LogP contribution in [0, 0.1) is 17.0 Å². The molecule has 2 aromatic carbocycles. The minimum atomic E-state index is -0.402. The van der Waals surface area contributed by atoms with Gasteiger partial charge in [0.05, 0.1) is 21.6 Å². The molecule has 0 radical (unpaired) electrons. The molecule has 3 aromatic rings. The highest BCUT2D eigenvalue weighted by Gasteiger charge is 2.20. The molecule has 0 saturated heterocycles. The van der Waals surface area contributed by atoms with E-state index in [0.29, 0.717) is 29.6 Å². The summed E-state index contributed by atoms with van der Waals surface area (Å²) in [7, 11) is 0. The minimum Gasteiger partial charge on any atom is -0.464 e. The van der Waals surface area contributed by atoms with E-state index in [1.54, 1.807) is 13.0 Å². The van der Waals surface area contributed by atoms with Crippen molar-refractivity contribution in [2.45, 2.75) is 20.3 Å². The molecule has 1 N–H and O–H groups in total. The van der Waals surface area contributed by atoms with Gasteiger partial charge in [0, 0.05) is 24.4 Å². The second-order valence-electron chi connectivity index (χ2n) is 5.89. The van der Waals surface area contributed by atoms with Crippen molar-refractivity contribution in [2.24, 2.45) is 0 Å². The van der Waals surface area contributed by atoms with Crippen molar-refractivity contribution in [3.63, 3.8) is 0 Å². The number of pyridine rings is 1. The fourth-order valence-electron chi connectivity index (χ4n) is 2.89. The monoisotopic (exact) mass is 353 g/mol. The summed E-state index contributed by atoms with van der Waals surface area (Å²) in [6.07, 6.45) is 0.311. The van der Waals surface area contributed by atoms with E-state index in [9.17, 15) is 14.9 Å². The minimum absolute atomic E-state index is 0.00286. The molecule has 0 aliphatic heterocycles. The van der Waals surface area contributed by atoms with Gasteiger partial charge in [-0.25, -0.2) is 4.98 Å². The maximum Gasteiger partial charge on any atom is 0.305 e. The van der Waals surface area contributed by atoms with E-state index in [2.05, 4.69) is 10.3 Å². The molecule has 0 fully saturated rings. The standard InChI is InChI=1S/C19H19N3O4/c1-3-16(23)26-11-10-20-19-13-6-4-5-7-14(13)21-18-12(2)8-9-15(17(18)19)22(24)25/h4-9H,3,10-11H2,1-2H3,(H,20,21). The fourth-order valence-corrected chi connectivity index (χ4v) is 2.89. The van der Waals surface area contributed by atoms with Crippen LogP contribution in [0.25, 0.3) is 21.8 Å². The Balaban J connectivity index is 2.14. The van der Waals surface area contributed by atoms with Crippen molar-refractivity contribution < 1.29 is 14.5 Å². The third-order valence-corrected chi connectivity index (χ3v) is 4.17. The second-order valence-corrected chi connectivity index (χ2v) is 5.89. The van der Waals surface area contributed by atoms with Gasteiger partial charge in [-0.15, -0.1) is 0 Å². The molecule has 7 nitrogen and oxygen atoms in total. The van der Waals surface area contributed by atoms with Crippen molar-refractivity contribution in [1.82, 2.24) is 4.98 Å². The number of aryl methyl sites for hydroxylation is 1. The first-order valence-corrected chi connectivity index (χ1v) is 8.39. The SMILES string of the molecule is CCC(=O)OCCNc1c2ccccc2nc2c(C)ccc([N+](=O)[O-])c12. The maximum absolute atomic E-state index is 11.6. The average Bonchev–Trinajstić information content (AvgIpc) is 2.64. The van der Waals surface area contributed by atoms with E-state index < -0.39 is 4.92 Å². The van der Waals surface area contributed by atoms with Gasteiger partial charge in [-0.1, -0.05) is 31.2 Å². The Morgan fingerprint density at radius 2 is 2.04 bits per heavy atom. The zero-order valence-electron chi connectivity index (χ0n) is 14.6. The van der Waals surface area contributed by atoms with Gasteiger partial charge in [0.2, 0.25) is 0 Å². The summed E-state index contributed by atoms with van der Waals surface area (Å²) in [5.74, 6) is -0.280. The molecule has 0 atom stereocenters. The Hall–Kier alpha value is -3.22. The number of non-ortho nitro benzene ring substituents is 1. The molecule has 26 heavy (non-hydrogen) atoms. The summed E-state index contributed by atoms with van der Waals surface area (Å²) < 4.78 is 5.09. The molecular weight excluding hydrogens is 334 g/mol. The number of nitro benzene ring substituents is 1. The highest BCUT2D eigenvalue weighted by molar-refractivity contribution is 6.11. The third kappa shape index (κ3) is 3.28. The van der Waals surface area contributed by atoms with E-state index in [1.807, 2.05) is 31.2 Å². The molecule has 3 rings (SSSR count). The number of anilines is 1. The predicted octanol–water partition coefficient (Wildman–Crippen LogP) is 3.97. The number of para-hydroxylation sites is 1. The lowest BCUT2D eigenvalue weighted by atomic mass is 10.0. The number of carbonyl (C=O) groups excluding carboxylic acids is 1. The summed E-state index contributed by atoms with van der Waals surface area (Å²) in [5.41, 5.74) is 2.82. The molecular formula is C19H19N3O4. The van der Waals surface area contributed by atoms with Crippen LogP contribution in [0.4, 0.5) is 11.4 Å². The number of hydrogen-bond donors (Lipinski definition) is 1. The van der Waals surface area contributed by atoms with Crippen LogP contribution >= 0.6 is 0 Å². The lowest BCUT2D eigenvalue weighted by Crippen LogP contribution is -2.14. The Bertz CT molecular complexity index is 1000. The molecule has 0 saturated carbocycles. The van der Waals surface area contributed by atoms with E-state index >= 15 is 0 Å². The van der Waals surface area contributed by atoms with Crippen molar-refractivity contribution in [1.29, 1.82) is 0 Å². The molecule has 0 spiro atoms. The summed E-state index contributed by atoms with van der Waals surface area (Å²) >= 11 is 0. The van der Waals surface area contributed by atoms with Gasteiger partial charge in [-0.2, -0.15) is 0 Å². The molecule has 1 aromatic heterocycles. The summed E-state index contributed by atoms with van der Waals surface area (Å²) in [6, 6.07) is 10.7. The van der Waals surface area contributed by atoms with Crippen molar-refractivity contribution >= 4 is 39.1 Å². The van der Waals surface area contributed by atoms with E-state index in [-0.39, 0.29) is 18.3 Å². The van der Waals surface area contributed by atoms with E-state index in [4.69, 9.17) is 4.74 Å². The van der Waals surface area contributed by atoms with Crippen molar-refractivity contribution in [3.05, 3.63) is 52.1 Å². The number of benzene rings is 2. The Morgan fingerprint density at radius 3 is 2.77 bits per heavy atom. The second kappa shape index (κ2) is 7.35. The number of fused-ring (bicyclic) bond motifs is 2. The number of rotatable bonds is 6. The van der Waals surface area contributed by atoms with Gasteiger partial charge in [0.25, 0.3) is 5.69 Å². The highest BCUT2D eigenvalue weighted by atomic mass is 16.6. The van der Waals surface area contributed by atoms with Gasteiger partial charge >= 0.3 is 5.97 Å². The highest BCUT2D eigenvalue weighted by Crippen LogP contribution is 2.37. The largest absolute Gasteiger partial charge is 0.464 e. The average molecular weight is 353 g/mol. The van der Waals surface area contributed by atoms with E-state index in [0.717, 1.165) is 16.5 Å². The van der Waals surface area contributed by atoms with Gasteiger partial charge in [0.15, 0.2) is 0 Å². The number of nitrogens with one attached hydrogen (secondary N) is 1. The number of nitro groups is 1. The smallest absolute Gasteiger partial charge is 0.305 e. The number of ether oxygens (including phenoxy) is 1. The van der Waals surface area contributed by atoms with Crippen LogP contribution in [-0.4, -0.2) is 29.0 Å². The molecule has 134 valence electrons. The van der Waals surface area contributed by atoms with Crippen LogP contribution in [-0.2, 0) is 9.53 Å². The quantitative estimate of drug-likeness (QED) is 0.237. The molecule has 0 aliphatic carbocycles. The molecule has 0 amide bonds. The maximum atomic E-state index is 11.6. The molecule has 7 heteroatoms. The lowest BCUT2D eigenvalue weighted by molar-refractivity contribution is -0.383. The van der Waals surface area contributed by atoms with Crippen LogP contribution in [0.1, 0.15) is 18.9 Å². The number of aromatic nitrogens is 1. The van der Waals surface area contributed by atoms with Crippen LogP contribution < -0.4 is 5.32 Å². The number of hydrogen-bond acceptors (Lipinski definition) is 6. The van der Waals surface area contributed by atoms with Gasteiger partial charge < -0.3 is 10.1 Å². The fraction of sp³-hybridized carbons (Fsp3) is 0.263. The Labute approximate surface area is 150 Å². The zero-order chi connectivity index (χ0) is 18.7. The first kappa shape index (κ1) is 17.6. The summed E-state index contributed by atoms with van der Waals surface area (Å²) in [5, 5.41) is 16.0. The number of nitrogens with zero attached hydrogens (tertiary/aromatic N) is 2. The van der Waals surface area contributed by atoms with Crippen LogP contribution in [0.5, 0.6) is 0 Å². The van der Waals surface area contributed by atoms with Crippen molar-refractivity contribution in [3.8, 4) is 0 Å². The molecule has 0 aliphatic rings. The van der Waals surface area contributed by atoms with E-state index in [1.165, 1.54) is 6.07 Å². The first-order valence-electron chi connectivity index (χ1n) is 8.39. The molecule has 0 bridgehead atoms. The van der Waals surface area contributed by atoms with Crippen LogP contribution in [0.2, 0.25) is 0 Å². The normalized spacial score (nSPS) is 10.8.